The number of rotatable bonds is 5. The van der Waals surface area contributed by atoms with Crippen molar-refractivity contribution in [1.29, 1.82) is 0 Å². The molecule has 1 aromatic rings. The minimum absolute atomic E-state index is 0.137. The summed E-state index contributed by atoms with van der Waals surface area (Å²) in [6, 6.07) is 10.1. The van der Waals surface area contributed by atoms with Gasteiger partial charge in [0.15, 0.2) is 0 Å². The lowest BCUT2D eigenvalue weighted by Gasteiger charge is -2.31. The molecule has 0 amide bonds. The second-order valence-electron chi connectivity index (χ2n) is 4.59. The van der Waals surface area contributed by atoms with Gasteiger partial charge < -0.3 is 10.8 Å². The molecule has 0 saturated heterocycles. The average molecular weight is 207 g/mol. The molecule has 0 spiro atoms. The summed E-state index contributed by atoms with van der Waals surface area (Å²) in [7, 11) is 0. The standard InChI is InChI=1S/C13H21NO/c1-11(2)10-13(14,8-9-15)12-6-4-3-5-7-12/h3-7,11,15H,8-10,14H2,1-2H3. The maximum Gasteiger partial charge on any atom is 0.0451 e. The molecule has 0 fully saturated rings. The highest BCUT2D eigenvalue weighted by atomic mass is 16.3. The van der Waals surface area contributed by atoms with Crippen LogP contribution in [0.25, 0.3) is 0 Å². The zero-order valence-electron chi connectivity index (χ0n) is 9.61. The molecule has 1 rings (SSSR count). The maximum absolute atomic E-state index is 9.10. The smallest absolute Gasteiger partial charge is 0.0451 e. The monoisotopic (exact) mass is 207 g/mol. The first-order chi connectivity index (χ1) is 7.08. The number of hydrogen-bond acceptors (Lipinski definition) is 2. The molecule has 84 valence electrons. The number of hydrogen-bond donors (Lipinski definition) is 2. The fourth-order valence-corrected chi connectivity index (χ4v) is 2.06. The Bertz CT molecular complexity index is 284. The van der Waals surface area contributed by atoms with Crippen LogP contribution in [-0.4, -0.2) is 11.7 Å². The summed E-state index contributed by atoms with van der Waals surface area (Å²) >= 11 is 0. The van der Waals surface area contributed by atoms with E-state index in [0.29, 0.717) is 12.3 Å². The number of benzene rings is 1. The maximum atomic E-state index is 9.10. The van der Waals surface area contributed by atoms with Crippen molar-refractivity contribution in [2.24, 2.45) is 11.7 Å². The lowest BCUT2D eigenvalue weighted by atomic mass is 9.81. The number of aliphatic hydroxyl groups excluding tert-OH is 1. The van der Waals surface area contributed by atoms with Crippen LogP contribution < -0.4 is 5.73 Å². The van der Waals surface area contributed by atoms with Crippen LogP contribution >= 0.6 is 0 Å². The van der Waals surface area contributed by atoms with E-state index in [9.17, 15) is 0 Å². The van der Waals surface area contributed by atoms with Crippen molar-refractivity contribution in [2.75, 3.05) is 6.61 Å². The molecule has 2 heteroatoms. The van der Waals surface area contributed by atoms with Crippen molar-refractivity contribution in [3.8, 4) is 0 Å². The summed E-state index contributed by atoms with van der Waals surface area (Å²) in [5.74, 6) is 0.529. The molecule has 0 bridgehead atoms. The van der Waals surface area contributed by atoms with Gasteiger partial charge in [0.1, 0.15) is 0 Å². The van der Waals surface area contributed by atoms with Crippen LogP contribution in [0, 0.1) is 5.92 Å². The Hall–Kier alpha value is -0.860. The van der Waals surface area contributed by atoms with Gasteiger partial charge in [-0.3, -0.25) is 0 Å². The Morgan fingerprint density at radius 2 is 1.87 bits per heavy atom. The Morgan fingerprint density at radius 3 is 2.33 bits per heavy atom. The molecule has 0 aliphatic heterocycles. The van der Waals surface area contributed by atoms with Gasteiger partial charge in [-0.15, -0.1) is 0 Å². The van der Waals surface area contributed by atoms with Crippen LogP contribution in [0.4, 0.5) is 0 Å². The second-order valence-corrected chi connectivity index (χ2v) is 4.59. The van der Waals surface area contributed by atoms with Crippen molar-refractivity contribution >= 4 is 0 Å². The third-order valence-corrected chi connectivity index (χ3v) is 2.68. The van der Waals surface area contributed by atoms with E-state index >= 15 is 0 Å². The van der Waals surface area contributed by atoms with E-state index in [1.54, 1.807) is 0 Å². The van der Waals surface area contributed by atoms with Gasteiger partial charge in [-0.2, -0.15) is 0 Å². The minimum atomic E-state index is -0.385. The summed E-state index contributed by atoms with van der Waals surface area (Å²) in [6.07, 6.45) is 1.52. The van der Waals surface area contributed by atoms with Crippen LogP contribution in [0.15, 0.2) is 30.3 Å². The Labute approximate surface area is 92.1 Å². The van der Waals surface area contributed by atoms with Crippen LogP contribution in [0.1, 0.15) is 32.3 Å². The molecule has 1 aromatic carbocycles. The number of aliphatic hydroxyl groups is 1. The molecule has 0 radical (unpaired) electrons. The van der Waals surface area contributed by atoms with E-state index in [2.05, 4.69) is 13.8 Å². The molecule has 0 aromatic heterocycles. The Morgan fingerprint density at radius 1 is 1.27 bits per heavy atom. The molecule has 0 aliphatic rings. The highest BCUT2D eigenvalue weighted by Crippen LogP contribution is 2.28. The van der Waals surface area contributed by atoms with Gasteiger partial charge in [-0.25, -0.2) is 0 Å². The lowest BCUT2D eigenvalue weighted by molar-refractivity contribution is 0.219. The normalized spacial score (nSPS) is 15.3. The zero-order valence-corrected chi connectivity index (χ0v) is 9.61. The fraction of sp³-hybridized carbons (Fsp3) is 0.538. The summed E-state index contributed by atoms with van der Waals surface area (Å²) in [4.78, 5) is 0. The van der Waals surface area contributed by atoms with Crippen LogP contribution in [0.3, 0.4) is 0 Å². The summed E-state index contributed by atoms with van der Waals surface area (Å²) in [5, 5.41) is 9.10. The second kappa shape index (κ2) is 5.29. The summed E-state index contributed by atoms with van der Waals surface area (Å²) in [5.41, 5.74) is 7.10. The van der Waals surface area contributed by atoms with E-state index in [-0.39, 0.29) is 12.1 Å². The van der Waals surface area contributed by atoms with Gasteiger partial charge in [0.25, 0.3) is 0 Å². The molecule has 0 saturated carbocycles. The number of nitrogens with two attached hydrogens (primary N) is 1. The Kier molecular flexibility index (Phi) is 4.30. The third kappa shape index (κ3) is 3.33. The topological polar surface area (TPSA) is 46.2 Å². The van der Waals surface area contributed by atoms with Crippen LogP contribution in [0.5, 0.6) is 0 Å². The molecule has 1 atom stereocenters. The molecule has 3 N–H and O–H groups in total. The summed E-state index contributed by atoms with van der Waals surface area (Å²) < 4.78 is 0. The lowest BCUT2D eigenvalue weighted by Crippen LogP contribution is -2.39. The molecule has 0 aliphatic carbocycles. The van der Waals surface area contributed by atoms with Gasteiger partial charge in [0.05, 0.1) is 0 Å². The van der Waals surface area contributed by atoms with Crippen molar-refractivity contribution < 1.29 is 5.11 Å². The van der Waals surface area contributed by atoms with Crippen molar-refractivity contribution in [1.82, 2.24) is 0 Å². The first-order valence-corrected chi connectivity index (χ1v) is 5.54. The van der Waals surface area contributed by atoms with Gasteiger partial charge in [-0.05, 0) is 24.3 Å². The van der Waals surface area contributed by atoms with Crippen molar-refractivity contribution in [2.45, 2.75) is 32.2 Å². The van der Waals surface area contributed by atoms with Gasteiger partial charge >= 0.3 is 0 Å². The van der Waals surface area contributed by atoms with E-state index < -0.39 is 0 Å². The van der Waals surface area contributed by atoms with E-state index in [4.69, 9.17) is 10.8 Å². The molecular weight excluding hydrogens is 186 g/mol. The van der Waals surface area contributed by atoms with Crippen LogP contribution in [-0.2, 0) is 5.54 Å². The highest BCUT2D eigenvalue weighted by Gasteiger charge is 2.27. The van der Waals surface area contributed by atoms with Gasteiger partial charge in [0, 0.05) is 12.1 Å². The predicted molar refractivity (Wildman–Crippen MR) is 63.5 cm³/mol. The molecule has 15 heavy (non-hydrogen) atoms. The van der Waals surface area contributed by atoms with E-state index in [1.807, 2.05) is 30.3 Å². The van der Waals surface area contributed by atoms with E-state index in [0.717, 1.165) is 12.0 Å². The zero-order chi connectivity index (χ0) is 11.3. The first kappa shape index (κ1) is 12.2. The van der Waals surface area contributed by atoms with E-state index in [1.165, 1.54) is 0 Å². The highest BCUT2D eigenvalue weighted by molar-refractivity contribution is 5.23. The minimum Gasteiger partial charge on any atom is -0.396 e. The average Bonchev–Trinajstić information content (AvgIpc) is 2.18. The van der Waals surface area contributed by atoms with Gasteiger partial charge in [-0.1, -0.05) is 44.2 Å². The molecule has 1 unspecified atom stereocenters. The van der Waals surface area contributed by atoms with Crippen molar-refractivity contribution in [3.05, 3.63) is 35.9 Å². The van der Waals surface area contributed by atoms with Gasteiger partial charge in [0.2, 0.25) is 0 Å². The summed E-state index contributed by atoms with van der Waals surface area (Å²) in [6.45, 7) is 4.45. The van der Waals surface area contributed by atoms with Crippen LogP contribution in [0.2, 0.25) is 0 Å². The largest absolute Gasteiger partial charge is 0.396 e. The van der Waals surface area contributed by atoms with Crippen molar-refractivity contribution in [3.63, 3.8) is 0 Å². The third-order valence-electron chi connectivity index (χ3n) is 2.68. The molecular formula is C13H21NO. The SMILES string of the molecule is CC(C)CC(N)(CCO)c1ccccc1. The fourth-order valence-electron chi connectivity index (χ4n) is 2.06. The first-order valence-electron chi connectivity index (χ1n) is 5.54. The predicted octanol–water partition coefficient (Wildman–Crippen LogP) is 2.27. The molecule has 0 heterocycles. The molecule has 2 nitrogen and oxygen atoms in total. The quantitative estimate of drug-likeness (QED) is 0.778. The Balaban J connectivity index is 2.90.